The van der Waals surface area contributed by atoms with Crippen LogP contribution in [0.3, 0.4) is 0 Å². The summed E-state index contributed by atoms with van der Waals surface area (Å²) in [5.74, 6) is 0. The molecule has 0 unspecified atom stereocenters. The molecule has 5 aromatic rings. The summed E-state index contributed by atoms with van der Waals surface area (Å²) in [7, 11) is 0. The quantitative estimate of drug-likeness (QED) is 0.283. The van der Waals surface area contributed by atoms with Gasteiger partial charge in [0.2, 0.25) is 0 Å². The zero-order valence-electron chi connectivity index (χ0n) is 16.0. The summed E-state index contributed by atoms with van der Waals surface area (Å²) in [6.07, 6.45) is 3.36. The maximum Gasteiger partial charge on any atom is 0.179 e. The van der Waals surface area contributed by atoms with Crippen molar-refractivity contribution in [3.8, 4) is 22.3 Å². The van der Waals surface area contributed by atoms with Crippen LogP contribution in [-0.4, -0.2) is 15.0 Å². The largest absolute Gasteiger partial charge is 0.354 e. The molecule has 31 heavy (non-hydrogen) atoms. The van der Waals surface area contributed by atoms with E-state index in [1.54, 1.807) is 18.6 Å². The molecule has 0 atom stereocenters. The Morgan fingerprint density at radius 3 is 2.29 bits per heavy atom. The monoisotopic (exact) mass is 464 g/mol. The number of nitrogens with one attached hydrogen (secondary N) is 2. The molecule has 5 rings (SSSR count). The minimum atomic E-state index is 0.583. The molecule has 0 spiro atoms. The highest BCUT2D eigenvalue weighted by atomic mass is 35.5. The molecular weight excluding hydrogens is 451 g/mol. The number of hydrogen-bond donors (Lipinski definition) is 2. The van der Waals surface area contributed by atoms with Crippen molar-refractivity contribution in [1.29, 1.82) is 0 Å². The van der Waals surface area contributed by atoms with Crippen molar-refractivity contribution in [2.75, 3.05) is 5.32 Å². The molecule has 0 aliphatic carbocycles. The van der Waals surface area contributed by atoms with Gasteiger partial charge in [0.25, 0.3) is 0 Å². The van der Waals surface area contributed by atoms with Gasteiger partial charge in [-0.05, 0) is 59.2 Å². The number of imidazole rings is 1. The van der Waals surface area contributed by atoms with Crippen LogP contribution >= 0.6 is 34.8 Å². The number of aromatic nitrogens is 3. The first-order valence-electron chi connectivity index (χ1n) is 9.49. The minimum absolute atomic E-state index is 0.583. The van der Waals surface area contributed by atoms with Gasteiger partial charge in [0, 0.05) is 32.5 Å². The number of rotatable bonds is 4. The summed E-state index contributed by atoms with van der Waals surface area (Å²) in [5, 5.41) is 5.32. The Hall–Kier alpha value is -3.05. The molecule has 2 heterocycles. The molecular formula is C24H15Cl3N4. The number of pyridine rings is 1. The third-order valence-electron chi connectivity index (χ3n) is 5.00. The van der Waals surface area contributed by atoms with Crippen LogP contribution in [0.1, 0.15) is 0 Å². The number of hydrogen-bond acceptors (Lipinski definition) is 3. The lowest BCUT2D eigenvalue weighted by atomic mass is 9.94. The van der Waals surface area contributed by atoms with E-state index in [9.17, 15) is 0 Å². The van der Waals surface area contributed by atoms with E-state index >= 15 is 0 Å². The summed E-state index contributed by atoms with van der Waals surface area (Å²) < 4.78 is 0. The fourth-order valence-electron chi connectivity index (χ4n) is 3.54. The van der Waals surface area contributed by atoms with E-state index in [-0.39, 0.29) is 0 Å². The summed E-state index contributed by atoms with van der Waals surface area (Å²) in [5.41, 5.74) is 7.23. The van der Waals surface area contributed by atoms with Crippen LogP contribution < -0.4 is 5.32 Å². The summed E-state index contributed by atoms with van der Waals surface area (Å²) >= 11 is 18.8. The number of fused-ring (bicyclic) bond motifs is 1. The lowest BCUT2D eigenvalue weighted by molar-refractivity contribution is 1.30. The third kappa shape index (κ3) is 3.98. The first-order valence-corrected chi connectivity index (χ1v) is 10.6. The normalized spacial score (nSPS) is 11.1. The Morgan fingerprint density at radius 2 is 1.48 bits per heavy atom. The van der Waals surface area contributed by atoms with Gasteiger partial charge in [-0.1, -0.05) is 59.1 Å². The Morgan fingerprint density at radius 1 is 0.710 bits per heavy atom. The zero-order chi connectivity index (χ0) is 21.4. The Kier molecular flexibility index (Phi) is 5.28. The summed E-state index contributed by atoms with van der Waals surface area (Å²) in [4.78, 5) is 11.6. The fourth-order valence-corrected chi connectivity index (χ4v) is 4.18. The molecule has 0 saturated carbocycles. The molecule has 152 valence electrons. The summed E-state index contributed by atoms with van der Waals surface area (Å²) in [6, 6.07) is 21.3. The van der Waals surface area contributed by atoms with Crippen LogP contribution in [0, 0.1) is 0 Å². The molecule has 7 heteroatoms. The van der Waals surface area contributed by atoms with Gasteiger partial charge in [-0.25, -0.2) is 9.97 Å². The van der Waals surface area contributed by atoms with Crippen molar-refractivity contribution in [2.45, 2.75) is 0 Å². The van der Waals surface area contributed by atoms with Gasteiger partial charge in [-0.2, -0.15) is 0 Å². The highest BCUT2D eigenvalue weighted by Crippen LogP contribution is 2.39. The SMILES string of the molecule is Clc1ccc(-c2ccc(Nc3ccnc4nc[nH]c34)cc2-c2ccc(Cl)cc2Cl)cc1. The minimum Gasteiger partial charge on any atom is -0.354 e. The molecule has 3 aromatic carbocycles. The van der Waals surface area contributed by atoms with Gasteiger partial charge in [-0.3, -0.25) is 0 Å². The lowest BCUT2D eigenvalue weighted by Crippen LogP contribution is -1.95. The van der Waals surface area contributed by atoms with Crippen LogP contribution in [0.25, 0.3) is 33.4 Å². The molecule has 2 N–H and O–H groups in total. The van der Waals surface area contributed by atoms with Crippen molar-refractivity contribution in [2.24, 2.45) is 0 Å². The molecule has 0 aliphatic heterocycles. The standard InChI is InChI=1S/C24H15Cl3N4/c25-15-3-1-14(2-4-15)18-8-6-17(12-20(18)19-7-5-16(26)11-21(19)27)31-22-9-10-28-24-23(22)29-13-30-24/h1-13H,(H2,28,29,30,31). The van der Waals surface area contributed by atoms with E-state index in [0.717, 1.165) is 39.1 Å². The van der Waals surface area contributed by atoms with Crippen LogP contribution in [0.5, 0.6) is 0 Å². The van der Waals surface area contributed by atoms with E-state index in [1.807, 2.05) is 48.5 Å². The van der Waals surface area contributed by atoms with Gasteiger partial charge < -0.3 is 10.3 Å². The second-order valence-corrected chi connectivity index (χ2v) is 8.26. The zero-order valence-corrected chi connectivity index (χ0v) is 18.3. The van der Waals surface area contributed by atoms with E-state index in [2.05, 4.69) is 32.4 Å². The smallest absolute Gasteiger partial charge is 0.179 e. The fraction of sp³-hybridized carbons (Fsp3) is 0. The van der Waals surface area contributed by atoms with Gasteiger partial charge in [0.15, 0.2) is 5.65 Å². The van der Waals surface area contributed by atoms with Gasteiger partial charge in [0.1, 0.15) is 5.52 Å². The van der Waals surface area contributed by atoms with Crippen molar-refractivity contribution >= 4 is 57.3 Å². The van der Waals surface area contributed by atoms with Crippen molar-refractivity contribution in [3.05, 3.63) is 94.3 Å². The number of H-pyrrole nitrogens is 1. The van der Waals surface area contributed by atoms with E-state index < -0.39 is 0 Å². The number of halogens is 3. The Bertz CT molecular complexity index is 1390. The molecule has 2 aromatic heterocycles. The Labute approximate surface area is 193 Å². The number of benzene rings is 3. The molecule has 0 bridgehead atoms. The molecule has 0 saturated heterocycles. The Balaban J connectivity index is 1.65. The molecule has 0 amide bonds. The average Bonchev–Trinajstić information content (AvgIpc) is 3.25. The van der Waals surface area contributed by atoms with Gasteiger partial charge in [0.05, 0.1) is 12.0 Å². The molecule has 0 aliphatic rings. The number of anilines is 2. The second kappa shape index (κ2) is 8.23. The topological polar surface area (TPSA) is 53.6 Å². The van der Waals surface area contributed by atoms with Crippen LogP contribution in [-0.2, 0) is 0 Å². The number of nitrogens with zero attached hydrogens (tertiary/aromatic N) is 2. The molecule has 0 radical (unpaired) electrons. The maximum atomic E-state index is 6.58. The third-order valence-corrected chi connectivity index (χ3v) is 5.80. The predicted molar refractivity (Wildman–Crippen MR) is 130 cm³/mol. The predicted octanol–water partition coefficient (Wildman–Crippen LogP) is 8.00. The van der Waals surface area contributed by atoms with E-state index in [1.165, 1.54) is 0 Å². The average molecular weight is 466 g/mol. The molecule has 4 nitrogen and oxygen atoms in total. The highest BCUT2D eigenvalue weighted by molar-refractivity contribution is 6.36. The van der Waals surface area contributed by atoms with Crippen molar-refractivity contribution < 1.29 is 0 Å². The van der Waals surface area contributed by atoms with Crippen molar-refractivity contribution in [1.82, 2.24) is 15.0 Å². The van der Waals surface area contributed by atoms with E-state index in [4.69, 9.17) is 34.8 Å². The lowest BCUT2D eigenvalue weighted by Gasteiger charge is -2.15. The van der Waals surface area contributed by atoms with Crippen molar-refractivity contribution in [3.63, 3.8) is 0 Å². The second-order valence-electron chi connectivity index (χ2n) is 6.98. The maximum absolute atomic E-state index is 6.58. The van der Waals surface area contributed by atoms with Crippen LogP contribution in [0.2, 0.25) is 15.1 Å². The summed E-state index contributed by atoms with van der Waals surface area (Å²) in [6.45, 7) is 0. The van der Waals surface area contributed by atoms with Crippen LogP contribution in [0.4, 0.5) is 11.4 Å². The van der Waals surface area contributed by atoms with Gasteiger partial charge >= 0.3 is 0 Å². The first kappa shape index (κ1) is 19.9. The van der Waals surface area contributed by atoms with Crippen LogP contribution in [0.15, 0.2) is 79.3 Å². The molecule has 0 fully saturated rings. The van der Waals surface area contributed by atoms with Gasteiger partial charge in [-0.15, -0.1) is 0 Å². The number of aromatic amines is 1. The highest BCUT2D eigenvalue weighted by Gasteiger charge is 2.13. The van der Waals surface area contributed by atoms with E-state index in [0.29, 0.717) is 20.7 Å². The first-order chi connectivity index (χ1) is 15.1.